The fourth-order valence-corrected chi connectivity index (χ4v) is 3.69. The molecule has 0 unspecified atom stereocenters. The summed E-state index contributed by atoms with van der Waals surface area (Å²) < 4.78 is 33.0. The normalized spacial score (nSPS) is 11.4. The Labute approximate surface area is 153 Å². The number of carbonyl (C=O) groups excluding carboxylic acids is 1. The molecule has 2 aromatic heterocycles. The monoisotopic (exact) mass is 379 g/mol. The number of rotatable bonds is 7. The second-order valence-corrected chi connectivity index (χ2v) is 6.70. The van der Waals surface area contributed by atoms with Crippen LogP contribution in [0, 0.1) is 11.6 Å². The molecule has 0 aliphatic carbocycles. The maximum Gasteiger partial charge on any atom is 0.295 e. The Hall–Kier alpha value is -2.32. The first kappa shape index (κ1) is 18.5. The summed E-state index contributed by atoms with van der Waals surface area (Å²) in [6, 6.07) is 5.21. The molecule has 0 saturated heterocycles. The standard InChI is InChI=1S/C18H19F2N3O2S/c1-3-22(4-2)7-8-23(17(24)14-6-5-9-25-14)18-21-16-13(20)10-12(19)11-15(16)26-18/h5-6,9-11H,3-4,7-8H2,1-2H3. The van der Waals surface area contributed by atoms with Gasteiger partial charge in [0, 0.05) is 19.2 Å². The van der Waals surface area contributed by atoms with Crippen molar-refractivity contribution < 1.29 is 18.0 Å². The van der Waals surface area contributed by atoms with E-state index in [1.54, 1.807) is 12.1 Å². The van der Waals surface area contributed by atoms with E-state index in [-0.39, 0.29) is 17.2 Å². The van der Waals surface area contributed by atoms with Gasteiger partial charge in [0.2, 0.25) is 0 Å². The van der Waals surface area contributed by atoms with Crippen LogP contribution in [0.2, 0.25) is 0 Å². The van der Waals surface area contributed by atoms with Crippen molar-refractivity contribution in [1.82, 2.24) is 9.88 Å². The maximum atomic E-state index is 14.0. The zero-order valence-corrected chi connectivity index (χ0v) is 15.4. The van der Waals surface area contributed by atoms with Gasteiger partial charge in [-0.15, -0.1) is 0 Å². The summed E-state index contributed by atoms with van der Waals surface area (Å²) in [6.07, 6.45) is 1.42. The zero-order valence-electron chi connectivity index (χ0n) is 14.5. The molecule has 0 N–H and O–H groups in total. The Morgan fingerprint density at radius 1 is 1.23 bits per heavy atom. The minimum atomic E-state index is -0.739. The number of halogens is 2. The summed E-state index contributed by atoms with van der Waals surface area (Å²) in [7, 11) is 0. The second kappa shape index (κ2) is 7.92. The van der Waals surface area contributed by atoms with E-state index in [2.05, 4.69) is 9.88 Å². The highest BCUT2D eigenvalue weighted by Gasteiger charge is 2.24. The van der Waals surface area contributed by atoms with Gasteiger partial charge < -0.3 is 9.32 Å². The average molecular weight is 379 g/mol. The predicted molar refractivity (Wildman–Crippen MR) is 97.7 cm³/mol. The first-order chi connectivity index (χ1) is 12.5. The van der Waals surface area contributed by atoms with Crippen molar-refractivity contribution in [2.75, 3.05) is 31.1 Å². The number of hydrogen-bond acceptors (Lipinski definition) is 5. The molecule has 8 heteroatoms. The topological polar surface area (TPSA) is 49.6 Å². The van der Waals surface area contributed by atoms with Crippen LogP contribution in [0.15, 0.2) is 34.9 Å². The number of furan rings is 1. The molecule has 3 rings (SSSR count). The van der Waals surface area contributed by atoms with Crippen LogP contribution in [-0.4, -0.2) is 42.0 Å². The Morgan fingerprint density at radius 2 is 2.00 bits per heavy atom. The van der Waals surface area contributed by atoms with Gasteiger partial charge in [-0.2, -0.15) is 0 Å². The minimum Gasteiger partial charge on any atom is -0.459 e. The van der Waals surface area contributed by atoms with E-state index < -0.39 is 11.6 Å². The number of carbonyl (C=O) groups is 1. The molecule has 0 aliphatic heterocycles. The predicted octanol–water partition coefficient (Wildman–Crippen LogP) is 4.16. The van der Waals surface area contributed by atoms with Crippen LogP contribution < -0.4 is 4.90 Å². The molecule has 0 aliphatic rings. The lowest BCUT2D eigenvalue weighted by molar-refractivity contribution is 0.0957. The van der Waals surface area contributed by atoms with Gasteiger partial charge in [0.25, 0.3) is 5.91 Å². The van der Waals surface area contributed by atoms with Crippen LogP contribution in [0.1, 0.15) is 24.4 Å². The molecule has 138 valence electrons. The van der Waals surface area contributed by atoms with Gasteiger partial charge >= 0.3 is 0 Å². The molecular formula is C18H19F2N3O2S. The van der Waals surface area contributed by atoms with E-state index in [9.17, 15) is 13.6 Å². The van der Waals surface area contributed by atoms with Crippen LogP contribution in [0.5, 0.6) is 0 Å². The molecule has 0 atom stereocenters. The molecule has 1 aromatic carbocycles. The van der Waals surface area contributed by atoms with Crippen molar-refractivity contribution in [3.05, 3.63) is 47.9 Å². The molecule has 0 bridgehead atoms. The van der Waals surface area contributed by atoms with Gasteiger partial charge in [-0.3, -0.25) is 9.69 Å². The lowest BCUT2D eigenvalue weighted by Crippen LogP contribution is -2.38. The zero-order chi connectivity index (χ0) is 18.7. The summed E-state index contributed by atoms with van der Waals surface area (Å²) in [5.74, 6) is -1.59. The molecule has 26 heavy (non-hydrogen) atoms. The SMILES string of the molecule is CCN(CC)CCN(C(=O)c1ccco1)c1nc2c(F)cc(F)cc2s1. The molecule has 5 nitrogen and oxygen atoms in total. The summed E-state index contributed by atoms with van der Waals surface area (Å²) in [4.78, 5) is 20.7. The molecule has 1 amide bonds. The molecule has 0 saturated carbocycles. The number of nitrogens with zero attached hydrogens (tertiary/aromatic N) is 3. The third kappa shape index (κ3) is 3.76. The number of aromatic nitrogens is 1. The quantitative estimate of drug-likeness (QED) is 0.619. The van der Waals surface area contributed by atoms with Crippen LogP contribution in [0.25, 0.3) is 10.2 Å². The first-order valence-electron chi connectivity index (χ1n) is 8.36. The maximum absolute atomic E-state index is 14.0. The summed E-state index contributed by atoms with van der Waals surface area (Å²) in [5, 5.41) is 0.318. The minimum absolute atomic E-state index is 0.0616. The Balaban J connectivity index is 1.96. The van der Waals surface area contributed by atoms with Gasteiger partial charge in [0.05, 0.1) is 11.0 Å². The number of hydrogen-bond donors (Lipinski definition) is 0. The number of anilines is 1. The molecule has 3 aromatic rings. The fraction of sp³-hybridized carbons (Fsp3) is 0.333. The largest absolute Gasteiger partial charge is 0.459 e. The van der Waals surface area contributed by atoms with Gasteiger partial charge in [0.15, 0.2) is 16.7 Å². The van der Waals surface area contributed by atoms with E-state index >= 15 is 0 Å². The van der Waals surface area contributed by atoms with Crippen molar-refractivity contribution in [2.45, 2.75) is 13.8 Å². The van der Waals surface area contributed by atoms with Crippen LogP contribution in [0.4, 0.5) is 13.9 Å². The van der Waals surface area contributed by atoms with Crippen molar-refractivity contribution in [3.8, 4) is 0 Å². The summed E-state index contributed by atoms with van der Waals surface area (Å²) in [6.45, 7) is 6.77. The van der Waals surface area contributed by atoms with Gasteiger partial charge in [-0.25, -0.2) is 13.8 Å². The van der Waals surface area contributed by atoms with Crippen molar-refractivity contribution in [1.29, 1.82) is 0 Å². The molecule has 0 fully saturated rings. The number of fused-ring (bicyclic) bond motifs is 1. The number of likely N-dealkylation sites (N-methyl/N-ethyl adjacent to an activating group) is 1. The highest BCUT2D eigenvalue weighted by Crippen LogP contribution is 2.32. The molecule has 0 spiro atoms. The van der Waals surface area contributed by atoms with Gasteiger partial charge in [-0.05, 0) is 31.3 Å². The molecule has 2 heterocycles. The Morgan fingerprint density at radius 3 is 2.65 bits per heavy atom. The van der Waals surface area contributed by atoms with Crippen LogP contribution >= 0.6 is 11.3 Å². The number of benzene rings is 1. The van der Waals surface area contributed by atoms with E-state index in [0.29, 0.717) is 22.9 Å². The number of amides is 1. The van der Waals surface area contributed by atoms with E-state index in [0.717, 1.165) is 30.5 Å². The third-order valence-corrected chi connectivity index (χ3v) is 5.17. The Bertz CT molecular complexity index is 891. The lowest BCUT2D eigenvalue weighted by atomic mass is 10.3. The Kier molecular flexibility index (Phi) is 5.63. The van der Waals surface area contributed by atoms with Gasteiger partial charge in [-0.1, -0.05) is 25.2 Å². The molecule has 0 radical (unpaired) electrons. The second-order valence-electron chi connectivity index (χ2n) is 5.69. The highest BCUT2D eigenvalue weighted by atomic mass is 32.1. The van der Waals surface area contributed by atoms with Crippen molar-refractivity contribution >= 4 is 32.6 Å². The first-order valence-corrected chi connectivity index (χ1v) is 9.18. The summed E-state index contributed by atoms with van der Waals surface area (Å²) in [5.41, 5.74) is 0.0616. The van der Waals surface area contributed by atoms with Crippen molar-refractivity contribution in [3.63, 3.8) is 0 Å². The molecular weight excluding hydrogens is 360 g/mol. The van der Waals surface area contributed by atoms with Crippen LogP contribution in [0.3, 0.4) is 0 Å². The van der Waals surface area contributed by atoms with E-state index in [1.165, 1.54) is 17.2 Å². The van der Waals surface area contributed by atoms with E-state index in [4.69, 9.17) is 4.42 Å². The highest BCUT2D eigenvalue weighted by molar-refractivity contribution is 7.22. The van der Waals surface area contributed by atoms with Crippen molar-refractivity contribution in [2.24, 2.45) is 0 Å². The van der Waals surface area contributed by atoms with Crippen LogP contribution in [-0.2, 0) is 0 Å². The van der Waals surface area contributed by atoms with E-state index in [1.807, 2.05) is 13.8 Å². The lowest BCUT2D eigenvalue weighted by Gasteiger charge is -2.24. The third-order valence-electron chi connectivity index (χ3n) is 4.14. The smallest absolute Gasteiger partial charge is 0.295 e. The fourth-order valence-electron chi connectivity index (χ4n) is 2.66. The number of thiazole rings is 1. The van der Waals surface area contributed by atoms with Gasteiger partial charge in [0.1, 0.15) is 11.3 Å². The summed E-state index contributed by atoms with van der Waals surface area (Å²) >= 11 is 1.08. The average Bonchev–Trinajstić information content (AvgIpc) is 3.28.